The van der Waals surface area contributed by atoms with Crippen molar-refractivity contribution >= 4 is 5.91 Å². The van der Waals surface area contributed by atoms with E-state index in [-0.39, 0.29) is 12.0 Å². The van der Waals surface area contributed by atoms with E-state index in [0.717, 1.165) is 70.0 Å². The Labute approximate surface area is 150 Å². The first kappa shape index (κ1) is 18.2. The van der Waals surface area contributed by atoms with E-state index in [1.165, 1.54) is 0 Å². The second-order valence-corrected chi connectivity index (χ2v) is 7.23. The third-order valence-corrected chi connectivity index (χ3v) is 5.12. The van der Waals surface area contributed by atoms with Gasteiger partial charge in [0.15, 0.2) is 0 Å². The Morgan fingerprint density at radius 3 is 2.48 bits per heavy atom. The van der Waals surface area contributed by atoms with Crippen molar-refractivity contribution < 1.29 is 14.3 Å². The van der Waals surface area contributed by atoms with Crippen LogP contribution in [0, 0.1) is 0 Å². The van der Waals surface area contributed by atoms with Crippen molar-refractivity contribution in [3.8, 4) is 5.75 Å². The highest BCUT2D eigenvalue weighted by molar-refractivity contribution is 5.94. The molecule has 2 heterocycles. The van der Waals surface area contributed by atoms with Gasteiger partial charge in [0.25, 0.3) is 5.91 Å². The minimum absolute atomic E-state index is 0.128. The molecule has 0 atom stereocenters. The highest BCUT2D eigenvalue weighted by atomic mass is 16.5. The van der Waals surface area contributed by atoms with Crippen LogP contribution in [0.2, 0.25) is 0 Å². The molecule has 0 aromatic heterocycles. The van der Waals surface area contributed by atoms with Crippen LogP contribution >= 0.6 is 0 Å². The third-order valence-electron chi connectivity index (χ3n) is 5.12. The molecule has 25 heavy (non-hydrogen) atoms. The van der Waals surface area contributed by atoms with Gasteiger partial charge in [-0.25, -0.2) is 0 Å². The average Bonchev–Trinajstić information content (AvgIpc) is 2.89. The number of amides is 1. The Morgan fingerprint density at radius 2 is 1.80 bits per heavy atom. The van der Waals surface area contributed by atoms with Gasteiger partial charge in [-0.1, -0.05) is 0 Å². The van der Waals surface area contributed by atoms with Crippen LogP contribution in [-0.2, 0) is 4.74 Å². The summed E-state index contributed by atoms with van der Waals surface area (Å²) >= 11 is 0. The number of hydrogen-bond donors (Lipinski definition) is 0. The molecular formula is C20H30N2O3. The van der Waals surface area contributed by atoms with Crippen molar-refractivity contribution in [1.82, 2.24) is 9.80 Å². The van der Waals surface area contributed by atoms with Crippen molar-refractivity contribution in [2.24, 2.45) is 0 Å². The molecule has 0 N–H and O–H groups in total. The standard InChI is InChI=1S/C20H30N2O3/c1-16(2)21-10-3-11-22(13-12-21)20(23)17-4-6-18(7-5-17)25-19-8-14-24-15-9-19/h4-7,16,19H,3,8-15H2,1-2H3. The summed E-state index contributed by atoms with van der Waals surface area (Å²) in [6, 6.07) is 8.16. The van der Waals surface area contributed by atoms with E-state index >= 15 is 0 Å². The largest absolute Gasteiger partial charge is 0.490 e. The first-order valence-corrected chi connectivity index (χ1v) is 9.51. The zero-order valence-corrected chi connectivity index (χ0v) is 15.4. The normalized spacial score (nSPS) is 20.5. The molecule has 0 bridgehead atoms. The molecule has 0 aliphatic carbocycles. The summed E-state index contributed by atoms with van der Waals surface area (Å²) in [5, 5.41) is 0. The summed E-state index contributed by atoms with van der Waals surface area (Å²) in [4.78, 5) is 17.2. The topological polar surface area (TPSA) is 42.0 Å². The number of hydrogen-bond acceptors (Lipinski definition) is 4. The van der Waals surface area contributed by atoms with Crippen molar-refractivity contribution in [2.75, 3.05) is 39.4 Å². The highest BCUT2D eigenvalue weighted by Gasteiger charge is 2.21. The van der Waals surface area contributed by atoms with Gasteiger partial charge in [0.05, 0.1) is 13.2 Å². The van der Waals surface area contributed by atoms with Crippen LogP contribution in [0.15, 0.2) is 24.3 Å². The van der Waals surface area contributed by atoms with Crippen LogP contribution in [0.3, 0.4) is 0 Å². The fraction of sp³-hybridized carbons (Fsp3) is 0.650. The lowest BCUT2D eigenvalue weighted by Gasteiger charge is -2.25. The summed E-state index contributed by atoms with van der Waals surface area (Å²) in [5.74, 6) is 0.966. The van der Waals surface area contributed by atoms with Crippen LogP contribution in [0.5, 0.6) is 5.75 Å². The van der Waals surface area contributed by atoms with Crippen molar-refractivity contribution in [3.05, 3.63) is 29.8 Å². The molecule has 2 aliphatic rings. The van der Waals surface area contributed by atoms with Gasteiger partial charge in [0.2, 0.25) is 0 Å². The number of carbonyl (C=O) groups is 1. The summed E-state index contributed by atoms with van der Waals surface area (Å²) in [6.07, 6.45) is 3.12. The molecule has 0 spiro atoms. The fourth-order valence-corrected chi connectivity index (χ4v) is 3.50. The van der Waals surface area contributed by atoms with Crippen LogP contribution < -0.4 is 4.74 Å². The van der Waals surface area contributed by atoms with E-state index in [0.29, 0.717) is 6.04 Å². The lowest BCUT2D eigenvalue weighted by molar-refractivity contribution is 0.0256. The van der Waals surface area contributed by atoms with Gasteiger partial charge in [0, 0.05) is 50.6 Å². The second-order valence-electron chi connectivity index (χ2n) is 7.23. The van der Waals surface area contributed by atoms with Gasteiger partial charge in [-0.2, -0.15) is 0 Å². The number of nitrogens with zero attached hydrogens (tertiary/aromatic N) is 2. The van der Waals surface area contributed by atoms with Crippen LogP contribution in [0.1, 0.15) is 43.5 Å². The van der Waals surface area contributed by atoms with E-state index in [1.807, 2.05) is 29.2 Å². The molecule has 0 unspecified atom stereocenters. The maximum absolute atomic E-state index is 12.8. The van der Waals surface area contributed by atoms with Gasteiger partial charge >= 0.3 is 0 Å². The molecule has 5 nitrogen and oxygen atoms in total. The highest BCUT2D eigenvalue weighted by Crippen LogP contribution is 2.19. The van der Waals surface area contributed by atoms with Gasteiger partial charge in [-0.15, -0.1) is 0 Å². The second kappa shape index (κ2) is 8.68. The monoisotopic (exact) mass is 346 g/mol. The Balaban J connectivity index is 1.56. The maximum atomic E-state index is 12.8. The first-order valence-electron chi connectivity index (χ1n) is 9.51. The zero-order chi connectivity index (χ0) is 17.6. The summed E-state index contributed by atoms with van der Waals surface area (Å²) < 4.78 is 11.3. The average molecular weight is 346 g/mol. The zero-order valence-electron chi connectivity index (χ0n) is 15.4. The Hall–Kier alpha value is -1.59. The van der Waals surface area contributed by atoms with E-state index in [9.17, 15) is 4.79 Å². The number of rotatable bonds is 4. The summed E-state index contributed by atoms with van der Waals surface area (Å²) in [6.45, 7) is 9.63. The SMILES string of the molecule is CC(C)N1CCCN(C(=O)c2ccc(OC3CCOCC3)cc2)CC1. The van der Waals surface area contributed by atoms with Gasteiger partial charge in [-0.3, -0.25) is 9.69 Å². The first-order chi connectivity index (χ1) is 12.1. The third kappa shape index (κ3) is 4.95. The molecule has 2 aliphatic heterocycles. The summed E-state index contributed by atoms with van der Waals surface area (Å²) in [7, 11) is 0. The van der Waals surface area contributed by atoms with E-state index < -0.39 is 0 Å². The van der Waals surface area contributed by atoms with Crippen molar-refractivity contribution in [2.45, 2.75) is 45.3 Å². The number of carbonyl (C=O) groups excluding carboxylic acids is 1. The molecule has 0 saturated carbocycles. The van der Waals surface area contributed by atoms with Crippen LogP contribution in [0.25, 0.3) is 0 Å². The molecule has 2 saturated heterocycles. The summed E-state index contributed by atoms with van der Waals surface area (Å²) in [5.41, 5.74) is 0.748. The number of benzene rings is 1. The molecule has 1 aromatic carbocycles. The smallest absolute Gasteiger partial charge is 0.253 e. The Kier molecular flexibility index (Phi) is 6.32. The van der Waals surface area contributed by atoms with Crippen LogP contribution in [0.4, 0.5) is 0 Å². The molecule has 1 amide bonds. The predicted molar refractivity (Wildman–Crippen MR) is 98.1 cm³/mol. The van der Waals surface area contributed by atoms with E-state index in [1.54, 1.807) is 0 Å². The lowest BCUT2D eigenvalue weighted by atomic mass is 10.1. The lowest BCUT2D eigenvalue weighted by Crippen LogP contribution is -2.37. The van der Waals surface area contributed by atoms with Crippen LogP contribution in [-0.4, -0.2) is 67.2 Å². The van der Waals surface area contributed by atoms with Crippen molar-refractivity contribution in [1.29, 1.82) is 0 Å². The van der Waals surface area contributed by atoms with E-state index in [2.05, 4.69) is 18.7 Å². The molecular weight excluding hydrogens is 316 g/mol. The molecule has 1 aromatic rings. The Morgan fingerprint density at radius 1 is 1.08 bits per heavy atom. The molecule has 5 heteroatoms. The minimum Gasteiger partial charge on any atom is -0.490 e. The quantitative estimate of drug-likeness (QED) is 0.841. The van der Waals surface area contributed by atoms with Gasteiger partial charge in [-0.05, 0) is 44.5 Å². The molecule has 2 fully saturated rings. The molecule has 0 radical (unpaired) electrons. The maximum Gasteiger partial charge on any atom is 0.253 e. The van der Waals surface area contributed by atoms with Gasteiger partial charge < -0.3 is 14.4 Å². The fourth-order valence-electron chi connectivity index (χ4n) is 3.50. The number of ether oxygens (including phenoxy) is 2. The van der Waals surface area contributed by atoms with Crippen molar-refractivity contribution in [3.63, 3.8) is 0 Å². The molecule has 138 valence electrons. The Bertz CT molecular complexity index is 553. The minimum atomic E-state index is 0.128. The van der Waals surface area contributed by atoms with E-state index in [4.69, 9.17) is 9.47 Å². The van der Waals surface area contributed by atoms with Gasteiger partial charge in [0.1, 0.15) is 11.9 Å². The molecule has 3 rings (SSSR count). The predicted octanol–water partition coefficient (Wildman–Crippen LogP) is 2.80.